The first kappa shape index (κ1) is 14.7. The molecule has 118 valence electrons. The van der Waals surface area contributed by atoms with E-state index >= 15 is 0 Å². The summed E-state index contributed by atoms with van der Waals surface area (Å²) in [6.45, 7) is 1.32. The number of aromatic nitrogens is 1. The third-order valence-corrected chi connectivity index (χ3v) is 3.62. The van der Waals surface area contributed by atoms with Crippen LogP contribution >= 0.6 is 0 Å². The summed E-state index contributed by atoms with van der Waals surface area (Å²) in [4.78, 5) is 22.0. The van der Waals surface area contributed by atoms with Crippen molar-refractivity contribution in [2.24, 2.45) is 0 Å². The van der Waals surface area contributed by atoms with Crippen LogP contribution in [0.2, 0.25) is 0 Å². The average molecular weight is 308 g/mol. The van der Waals surface area contributed by atoms with E-state index in [1.165, 1.54) is 22.8 Å². The lowest BCUT2D eigenvalue weighted by Crippen LogP contribution is -2.25. The number of hydrogen-bond acceptors (Lipinski definition) is 6. The van der Waals surface area contributed by atoms with E-state index in [0.29, 0.717) is 25.3 Å². The molecule has 22 heavy (non-hydrogen) atoms. The Morgan fingerprint density at radius 1 is 1.41 bits per heavy atom. The minimum Gasteiger partial charge on any atom is -0.407 e. The van der Waals surface area contributed by atoms with Crippen LogP contribution in [-0.4, -0.2) is 29.0 Å². The molecule has 0 bridgehead atoms. The number of ether oxygens (including phenoxy) is 2. The molecule has 1 unspecified atom stereocenters. The van der Waals surface area contributed by atoms with Gasteiger partial charge in [0.15, 0.2) is 11.9 Å². The highest BCUT2D eigenvalue weighted by atomic mass is 16.7. The van der Waals surface area contributed by atoms with E-state index in [2.05, 4.69) is 0 Å². The molecule has 8 nitrogen and oxygen atoms in total. The maximum atomic E-state index is 11.8. The van der Waals surface area contributed by atoms with E-state index in [0.717, 1.165) is 19.3 Å². The van der Waals surface area contributed by atoms with Crippen LogP contribution in [0.1, 0.15) is 19.3 Å². The molecule has 2 aromatic rings. The van der Waals surface area contributed by atoms with E-state index in [1.807, 2.05) is 0 Å². The van der Waals surface area contributed by atoms with Crippen molar-refractivity contribution in [3.05, 3.63) is 38.9 Å². The zero-order valence-corrected chi connectivity index (χ0v) is 11.9. The van der Waals surface area contributed by atoms with E-state index in [1.54, 1.807) is 0 Å². The molecule has 0 N–H and O–H groups in total. The molecule has 2 heterocycles. The molecule has 0 amide bonds. The molecule has 0 aliphatic carbocycles. The Hall–Kier alpha value is -2.19. The van der Waals surface area contributed by atoms with Gasteiger partial charge in [0.1, 0.15) is 0 Å². The highest BCUT2D eigenvalue weighted by Crippen LogP contribution is 2.20. The summed E-state index contributed by atoms with van der Waals surface area (Å²) in [7, 11) is 0. The van der Waals surface area contributed by atoms with Crippen molar-refractivity contribution < 1.29 is 18.8 Å². The molecule has 0 radical (unpaired) electrons. The number of rotatable bonds is 5. The standard InChI is InChI=1S/C14H16N2O6/c17-14-15(6-8-21-13-3-1-2-7-20-13)11-5-4-10(16(18)19)9-12(11)22-14/h4-5,9,13H,1-3,6-8H2. The summed E-state index contributed by atoms with van der Waals surface area (Å²) in [5.41, 5.74) is 0.608. The van der Waals surface area contributed by atoms with Gasteiger partial charge in [0.2, 0.25) is 0 Å². The number of nitrogens with zero attached hydrogens (tertiary/aromatic N) is 2. The Bertz CT molecular complexity index is 728. The van der Waals surface area contributed by atoms with Gasteiger partial charge in [-0.2, -0.15) is 0 Å². The Morgan fingerprint density at radius 2 is 2.27 bits per heavy atom. The van der Waals surface area contributed by atoms with Crippen LogP contribution in [0.3, 0.4) is 0 Å². The summed E-state index contributed by atoms with van der Waals surface area (Å²) >= 11 is 0. The van der Waals surface area contributed by atoms with Crippen LogP contribution < -0.4 is 5.76 Å². The molecule has 0 spiro atoms. The van der Waals surface area contributed by atoms with Crippen LogP contribution in [0.5, 0.6) is 0 Å². The minimum atomic E-state index is -0.552. The van der Waals surface area contributed by atoms with E-state index in [4.69, 9.17) is 13.9 Å². The predicted octanol–water partition coefficient (Wildman–Crippen LogP) is 2.05. The number of oxazole rings is 1. The van der Waals surface area contributed by atoms with Gasteiger partial charge in [-0.3, -0.25) is 14.7 Å². The van der Waals surface area contributed by atoms with E-state index < -0.39 is 10.7 Å². The maximum absolute atomic E-state index is 11.8. The van der Waals surface area contributed by atoms with Crippen molar-refractivity contribution in [2.45, 2.75) is 32.1 Å². The fraction of sp³-hybridized carbons (Fsp3) is 0.500. The number of benzene rings is 1. The van der Waals surface area contributed by atoms with Crippen molar-refractivity contribution in [3.8, 4) is 0 Å². The lowest BCUT2D eigenvalue weighted by molar-refractivity contribution is -0.384. The molecule has 1 aromatic heterocycles. The molecule has 8 heteroatoms. The molecular formula is C14H16N2O6. The highest BCUT2D eigenvalue weighted by molar-refractivity contribution is 5.75. The van der Waals surface area contributed by atoms with Crippen molar-refractivity contribution in [1.82, 2.24) is 4.57 Å². The number of non-ortho nitro benzene ring substituents is 1. The van der Waals surface area contributed by atoms with Crippen LogP contribution in [0.4, 0.5) is 5.69 Å². The fourth-order valence-electron chi connectivity index (χ4n) is 2.50. The Kier molecular flexibility index (Phi) is 4.21. The number of hydrogen-bond donors (Lipinski definition) is 0. The lowest BCUT2D eigenvalue weighted by Gasteiger charge is -2.22. The van der Waals surface area contributed by atoms with Gasteiger partial charge >= 0.3 is 5.76 Å². The Labute approximate surface area is 125 Å². The number of fused-ring (bicyclic) bond motifs is 1. The molecule has 1 aromatic carbocycles. The average Bonchev–Trinajstić information content (AvgIpc) is 2.83. The maximum Gasteiger partial charge on any atom is 0.420 e. The Balaban J connectivity index is 1.71. The first-order valence-corrected chi connectivity index (χ1v) is 7.16. The smallest absolute Gasteiger partial charge is 0.407 e. The quantitative estimate of drug-likeness (QED) is 0.619. The Morgan fingerprint density at radius 3 is 3.00 bits per heavy atom. The summed E-state index contributed by atoms with van der Waals surface area (Å²) in [5, 5.41) is 10.7. The van der Waals surface area contributed by atoms with Crippen LogP contribution in [0, 0.1) is 10.1 Å². The zero-order chi connectivity index (χ0) is 15.5. The molecule has 0 saturated carbocycles. The number of nitro groups is 1. The monoisotopic (exact) mass is 308 g/mol. The molecular weight excluding hydrogens is 292 g/mol. The van der Waals surface area contributed by atoms with Crippen LogP contribution in [-0.2, 0) is 16.0 Å². The SMILES string of the molecule is O=c1oc2cc([N+](=O)[O-])ccc2n1CCOC1CCCCO1. The summed E-state index contributed by atoms with van der Waals surface area (Å²) in [5.74, 6) is -0.552. The molecule has 1 fully saturated rings. The van der Waals surface area contributed by atoms with Gasteiger partial charge < -0.3 is 13.9 Å². The molecule has 1 saturated heterocycles. The normalized spacial score (nSPS) is 18.6. The van der Waals surface area contributed by atoms with Gasteiger partial charge in [-0.15, -0.1) is 0 Å². The summed E-state index contributed by atoms with van der Waals surface area (Å²) in [6.07, 6.45) is 2.75. The topological polar surface area (TPSA) is 96.7 Å². The molecule has 3 rings (SSSR count). The van der Waals surface area contributed by atoms with Gasteiger partial charge in [-0.05, 0) is 25.3 Å². The largest absolute Gasteiger partial charge is 0.420 e. The summed E-state index contributed by atoms with van der Waals surface area (Å²) < 4.78 is 17.5. The molecule has 1 aliphatic rings. The second-order valence-electron chi connectivity index (χ2n) is 5.10. The van der Waals surface area contributed by atoms with Gasteiger partial charge in [-0.25, -0.2) is 4.79 Å². The van der Waals surface area contributed by atoms with E-state index in [9.17, 15) is 14.9 Å². The van der Waals surface area contributed by atoms with Gasteiger partial charge in [-0.1, -0.05) is 0 Å². The first-order valence-electron chi connectivity index (χ1n) is 7.16. The van der Waals surface area contributed by atoms with Crippen molar-refractivity contribution in [1.29, 1.82) is 0 Å². The van der Waals surface area contributed by atoms with Gasteiger partial charge in [0.25, 0.3) is 5.69 Å². The van der Waals surface area contributed by atoms with Crippen molar-refractivity contribution in [2.75, 3.05) is 13.2 Å². The second-order valence-corrected chi connectivity index (χ2v) is 5.10. The van der Waals surface area contributed by atoms with Gasteiger partial charge in [0, 0.05) is 12.7 Å². The van der Waals surface area contributed by atoms with Crippen LogP contribution in [0.15, 0.2) is 27.4 Å². The minimum absolute atomic E-state index is 0.111. The number of nitro benzene ring substituents is 1. The van der Waals surface area contributed by atoms with Gasteiger partial charge in [0.05, 0.1) is 29.7 Å². The summed E-state index contributed by atoms with van der Waals surface area (Å²) in [6, 6.07) is 4.10. The first-order chi connectivity index (χ1) is 10.6. The predicted molar refractivity (Wildman–Crippen MR) is 76.7 cm³/mol. The third kappa shape index (κ3) is 3.02. The van der Waals surface area contributed by atoms with Crippen LogP contribution in [0.25, 0.3) is 11.1 Å². The fourth-order valence-corrected chi connectivity index (χ4v) is 2.50. The lowest BCUT2D eigenvalue weighted by atomic mass is 10.2. The highest BCUT2D eigenvalue weighted by Gasteiger charge is 2.16. The zero-order valence-electron chi connectivity index (χ0n) is 11.9. The second kappa shape index (κ2) is 6.29. The van der Waals surface area contributed by atoms with Crippen molar-refractivity contribution >= 4 is 16.8 Å². The third-order valence-electron chi connectivity index (χ3n) is 3.62. The van der Waals surface area contributed by atoms with E-state index in [-0.39, 0.29) is 17.6 Å². The molecule has 1 atom stereocenters. The molecule has 1 aliphatic heterocycles. The van der Waals surface area contributed by atoms with Crippen molar-refractivity contribution in [3.63, 3.8) is 0 Å².